The molecule has 1 fully saturated rings. The maximum absolute atomic E-state index is 14.3. The van der Waals surface area contributed by atoms with E-state index >= 15 is 0 Å². The van der Waals surface area contributed by atoms with Gasteiger partial charge in [0.25, 0.3) is 5.91 Å². The van der Waals surface area contributed by atoms with Crippen LogP contribution < -0.4 is 10.1 Å². The van der Waals surface area contributed by atoms with Crippen LogP contribution in [-0.2, 0) is 6.61 Å². The molecule has 2 aromatic carbocycles. The number of rotatable bonds is 6. The van der Waals surface area contributed by atoms with Crippen LogP contribution in [0.2, 0.25) is 0 Å². The topological polar surface area (TPSA) is 41.6 Å². The van der Waals surface area contributed by atoms with Gasteiger partial charge in [-0.3, -0.25) is 4.79 Å². The fourth-order valence-electron chi connectivity index (χ4n) is 3.49. The van der Waals surface area contributed by atoms with E-state index in [0.717, 1.165) is 38.1 Å². The highest BCUT2D eigenvalue weighted by Crippen LogP contribution is 2.30. The van der Waals surface area contributed by atoms with Crippen molar-refractivity contribution < 1.29 is 18.3 Å². The smallest absolute Gasteiger partial charge is 0.254 e. The highest BCUT2D eigenvalue weighted by molar-refractivity contribution is 5.94. The first-order chi connectivity index (χ1) is 13.5. The number of halogens is 2. The van der Waals surface area contributed by atoms with Gasteiger partial charge in [-0.2, -0.15) is 0 Å². The zero-order chi connectivity index (χ0) is 20.1. The minimum Gasteiger partial charge on any atom is -0.489 e. The van der Waals surface area contributed by atoms with Crippen LogP contribution in [0, 0.1) is 11.6 Å². The lowest BCUT2D eigenvalue weighted by Gasteiger charge is -2.29. The molecular formula is C22H26F2N2O2. The minimum absolute atomic E-state index is 0.0789. The van der Waals surface area contributed by atoms with Gasteiger partial charge in [0.1, 0.15) is 24.0 Å². The average Bonchev–Trinajstić information content (AvgIpc) is 2.69. The number of piperidine rings is 1. The monoisotopic (exact) mass is 388 g/mol. The number of hydrogen-bond acceptors (Lipinski definition) is 3. The Morgan fingerprint density at radius 3 is 2.64 bits per heavy atom. The van der Waals surface area contributed by atoms with Crippen molar-refractivity contribution in [3.05, 3.63) is 64.7 Å². The van der Waals surface area contributed by atoms with Crippen molar-refractivity contribution in [2.75, 3.05) is 26.7 Å². The molecule has 1 N–H and O–H groups in total. The molecule has 150 valence electrons. The van der Waals surface area contributed by atoms with Crippen molar-refractivity contribution in [2.45, 2.75) is 32.3 Å². The number of hydrogen-bond donors (Lipinski definition) is 1. The summed E-state index contributed by atoms with van der Waals surface area (Å²) in [6, 6.07) is 9.76. The number of carbonyl (C=O) groups is 1. The van der Waals surface area contributed by atoms with E-state index in [2.05, 4.69) is 23.3 Å². The second-order valence-electron chi connectivity index (χ2n) is 7.22. The second-order valence-corrected chi connectivity index (χ2v) is 7.22. The number of likely N-dealkylation sites (tertiary alicyclic amines) is 1. The van der Waals surface area contributed by atoms with E-state index in [1.54, 1.807) is 6.92 Å². The first kappa shape index (κ1) is 20.3. The molecule has 0 atom stereocenters. The van der Waals surface area contributed by atoms with Gasteiger partial charge in [-0.15, -0.1) is 0 Å². The molecule has 1 saturated heterocycles. The Morgan fingerprint density at radius 2 is 1.93 bits per heavy atom. The lowest BCUT2D eigenvalue weighted by Crippen LogP contribution is -2.29. The van der Waals surface area contributed by atoms with Crippen LogP contribution in [0.5, 0.6) is 5.75 Å². The Kier molecular flexibility index (Phi) is 6.62. The molecule has 1 aliphatic rings. The summed E-state index contributed by atoms with van der Waals surface area (Å²) < 4.78 is 34.2. The van der Waals surface area contributed by atoms with E-state index in [4.69, 9.17) is 4.74 Å². The molecule has 0 bridgehead atoms. The van der Waals surface area contributed by atoms with Gasteiger partial charge in [-0.1, -0.05) is 12.1 Å². The molecule has 4 nitrogen and oxygen atoms in total. The quantitative estimate of drug-likeness (QED) is 0.810. The van der Waals surface area contributed by atoms with Gasteiger partial charge in [-0.25, -0.2) is 8.78 Å². The summed E-state index contributed by atoms with van der Waals surface area (Å²) in [5, 5.41) is 2.47. The summed E-state index contributed by atoms with van der Waals surface area (Å²) in [6.07, 6.45) is 2.20. The molecule has 0 aliphatic carbocycles. The Bertz CT molecular complexity index is 833. The largest absolute Gasteiger partial charge is 0.489 e. The summed E-state index contributed by atoms with van der Waals surface area (Å²) in [7, 11) is 2.13. The number of carbonyl (C=O) groups excluding carboxylic acids is 1. The molecule has 0 radical (unpaired) electrons. The zero-order valence-electron chi connectivity index (χ0n) is 16.3. The predicted octanol–water partition coefficient (Wildman–Crippen LogP) is 4.10. The summed E-state index contributed by atoms with van der Waals surface area (Å²) in [6.45, 7) is 4.10. The highest BCUT2D eigenvalue weighted by atomic mass is 19.1. The normalized spacial score (nSPS) is 15.4. The van der Waals surface area contributed by atoms with Crippen molar-refractivity contribution in [2.24, 2.45) is 0 Å². The first-order valence-electron chi connectivity index (χ1n) is 9.65. The van der Waals surface area contributed by atoms with E-state index in [1.165, 1.54) is 5.56 Å². The zero-order valence-corrected chi connectivity index (χ0v) is 16.3. The molecule has 3 rings (SSSR count). The highest BCUT2D eigenvalue weighted by Gasteiger charge is 2.19. The molecule has 0 unspecified atom stereocenters. The molecular weight excluding hydrogens is 362 g/mol. The van der Waals surface area contributed by atoms with Crippen LogP contribution in [0.25, 0.3) is 0 Å². The van der Waals surface area contributed by atoms with Crippen LogP contribution in [0.15, 0.2) is 36.4 Å². The van der Waals surface area contributed by atoms with E-state index in [0.29, 0.717) is 18.2 Å². The minimum atomic E-state index is -0.758. The van der Waals surface area contributed by atoms with Gasteiger partial charge in [0, 0.05) is 12.1 Å². The Morgan fingerprint density at radius 1 is 1.18 bits per heavy atom. The van der Waals surface area contributed by atoms with Crippen LogP contribution >= 0.6 is 0 Å². The number of nitrogens with zero attached hydrogens (tertiary/aromatic N) is 1. The standard InChI is InChI=1S/C22H26F2N2O2/c1-3-25-22(27)19-13-20(23)17(12-21(19)24)14-28-18-6-4-5-16(11-18)15-7-9-26(2)10-8-15/h4-6,11-13,15H,3,7-10,14H2,1-2H3,(H,25,27). The van der Waals surface area contributed by atoms with Crippen LogP contribution in [0.1, 0.15) is 47.2 Å². The van der Waals surface area contributed by atoms with Gasteiger partial charge in [0.2, 0.25) is 0 Å². The number of nitrogens with one attached hydrogen (secondary N) is 1. The van der Waals surface area contributed by atoms with Gasteiger partial charge >= 0.3 is 0 Å². The average molecular weight is 388 g/mol. The fourth-order valence-corrected chi connectivity index (χ4v) is 3.49. The van der Waals surface area contributed by atoms with Crippen molar-refractivity contribution in [3.8, 4) is 5.75 Å². The second kappa shape index (κ2) is 9.15. The van der Waals surface area contributed by atoms with Crippen molar-refractivity contribution in [1.29, 1.82) is 0 Å². The maximum atomic E-state index is 14.3. The van der Waals surface area contributed by atoms with E-state index in [9.17, 15) is 13.6 Å². The number of ether oxygens (including phenoxy) is 1. The molecule has 0 spiro atoms. The summed E-state index contributed by atoms with van der Waals surface area (Å²) >= 11 is 0. The summed E-state index contributed by atoms with van der Waals surface area (Å²) in [4.78, 5) is 14.1. The maximum Gasteiger partial charge on any atom is 0.254 e. The van der Waals surface area contributed by atoms with Gasteiger partial charge < -0.3 is 15.0 Å². The Balaban J connectivity index is 1.68. The lowest BCUT2D eigenvalue weighted by molar-refractivity contribution is 0.0951. The van der Waals surface area contributed by atoms with Crippen LogP contribution in [-0.4, -0.2) is 37.5 Å². The van der Waals surface area contributed by atoms with E-state index in [-0.39, 0.29) is 17.7 Å². The van der Waals surface area contributed by atoms with E-state index in [1.807, 2.05) is 18.2 Å². The third-order valence-electron chi connectivity index (χ3n) is 5.16. The van der Waals surface area contributed by atoms with E-state index < -0.39 is 17.5 Å². The lowest BCUT2D eigenvalue weighted by atomic mass is 9.89. The van der Waals surface area contributed by atoms with Crippen molar-refractivity contribution in [3.63, 3.8) is 0 Å². The Labute approximate surface area is 164 Å². The fraction of sp³-hybridized carbons (Fsp3) is 0.409. The molecule has 0 saturated carbocycles. The molecule has 1 amide bonds. The third kappa shape index (κ3) is 4.87. The van der Waals surface area contributed by atoms with Crippen LogP contribution in [0.4, 0.5) is 8.78 Å². The SMILES string of the molecule is CCNC(=O)c1cc(F)c(COc2cccc(C3CCN(C)CC3)c2)cc1F. The first-order valence-corrected chi connectivity index (χ1v) is 9.65. The van der Waals surface area contributed by atoms with Gasteiger partial charge in [0.15, 0.2) is 0 Å². The number of benzene rings is 2. The molecule has 0 aromatic heterocycles. The van der Waals surface area contributed by atoms with Crippen molar-refractivity contribution in [1.82, 2.24) is 10.2 Å². The molecule has 6 heteroatoms. The molecule has 1 aliphatic heterocycles. The molecule has 1 heterocycles. The summed E-state index contributed by atoms with van der Waals surface area (Å²) in [5.41, 5.74) is 0.992. The van der Waals surface area contributed by atoms with Crippen molar-refractivity contribution >= 4 is 5.91 Å². The third-order valence-corrected chi connectivity index (χ3v) is 5.16. The molecule has 2 aromatic rings. The number of amides is 1. The Hall–Kier alpha value is -2.47. The molecule has 28 heavy (non-hydrogen) atoms. The summed E-state index contributed by atoms with van der Waals surface area (Å²) in [5.74, 6) is -0.924. The van der Waals surface area contributed by atoms with Gasteiger partial charge in [-0.05, 0) is 75.6 Å². The van der Waals surface area contributed by atoms with Gasteiger partial charge in [0.05, 0.1) is 5.56 Å². The van der Waals surface area contributed by atoms with Crippen LogP contribution in [0.3, 0.4) is 0 Å². The predicted molar refractivity (Wildman–Crippen MR) is 105 cm³/mol.